The fraction of sp³-hybridized carbons (Fsp3) is 0.136. The minimum Gasteiger partial charge on any atom is -0.472 e. The van der Waals surface area contributed by atoms with Crippen LogP contribution in [0.25, 0.3) is 16.7 Å². The van der Waals surface area contributed by atoms with Crippen LogP contribution >= 0.6 is 31.9 Å². The van der Waals surface area contributed by atoms with Crippen LogP contribution in [0, 0.1) is 0 Å². The average molecular weight is 531 g/mol. The summed E-state index contributed by atoms with van der Waals surface area (Å²) < 4.78 is 13.2. The smallest absolute Gasteiger partial charge is 0.352 e. The van der Waals surface area contributed by atoms with Crippen molar-refractivity contribution in [1.82, 2.24) is 15.0 Å². The van der Waals surface area contributed by atoms with Crippen molar-refractivity contribution in [2.45, 2.75) is 13.0 Å². The van der Waals surface area contributed by atoms with Crippen LogP contribution in [0.3, 0.4) is 0 Å². The van der Waals surface area contributed by atoms with Gasteiger partial charge in [0.1, 0.15) is 22.5 Å². The summed E-state index contributed by atoms with van der Waals surface area (Å²) in [5.74, 6) is -0.00763. The second-order valence-corrected chi connectivity index (χ2v) is 8.22. The van der Waals surface area contributed by atoms with Gasteiger partial charge in [0.15, 0.2) is 0 Å². The van der Waals surface area contributed by atoms with Gasteiger partial charge in [0, 0.05) is 14.5 Å². The number of nitrogens with zero attached hydrogens (tertiary/aromatic N) is 3. The molecule has 0 aliphatic heterocycles. The lowest BCUT2D eigenvalue weighted by Crippen LogP contribution is -2.22. The maximum Gasteiger partial charge on any atom is 0.352 e. The van der Waals surface area contributed by atoms with Gasteiger partial charge in [-0.3, -0.25) is 0 Å². The summed E-state index contributed by atoms with van der Waals surface area (Å²) in [6, 6.07) is 20.4. The Bertz CT molecular complexity index is 1160. The summed E-state index contributed by atoms with van der Waals surface area (Å²) in [5, 5.41) is 9.08. The predicted molar refractivity (Wildman–Crippen MR) is 121 cm³/mol. The largest absolute Gasteiger partial charge is 0.472 e. The topological polar surface area (TPSA) is 66.2 Å². The van der Waals surface area contributed by atoms with Gasteiger partial charge in [-0.1, -0.05) is 56.1 Å². The molecule has 0 bridgehead atoms. The van der Waals surface area contributed by atoms with E-state index in [9.17, 15) is 4.79 Å². The fourth-order valence-electron chi connectivity index (χ4n) is 2.95. The maximum atomic E-state index is 12.7. The zero-order chi connectivity index (χ0) is 21.1. The molecule has 4 rings (SSSR count). The first kappa shape index (κ1) is 20.6. The molecule has 0 spiro atoms. The molecule has 152 valence electrons. The average Bonchev–Trinajstić information content (AvgIpc) is 3.18. The van der Waals surface area contributed by atoms with Crippen molar-refractivity contribution in [3.05, 3.63) is 81.2 Å². The van der Waals surface area contributed by atoms with Crippen molar-refractivity contribution in [1.29, 1.82) is 0 Å². The van der Waals surface area contributed by atoms with Crippen LogP contribution in [0.15, 0.2) is 75.7 Å². The molecule has 1 unspecified atom stereocenters. The van der Waals surface area contributed by atoms with Crippen molar-refractivity contribution in [3.8, 4) is 11.4 Å². The Morgan fingerprint density at radius 1 is 0.967 bits per heavy atom. The second-order valence-electron chi connectivity index (χ2n) is 6.39. The van der Waals surface area contributed by atoms with Gasteiger partial charge in [0.05, 0.1) is 6.61 Å². The van der Waals surface area contributed by atoms with Crippen molar-refractivity contribution in [2.75, 3.05) is 6.61 Å². The predicted octanol–water partition coefficient (Wildman–Crippen LogP) is 5.63. The zero-order valence-electron chi connectivity index (χ0n) is 16.0. The lowest BCUT2D eigenvalue weighted by atomic mass is 10.1. The van der Waals surface area contributed by atoms with Crippen molar-refractivity contribution < 1.29 is 14.3 Å². The summed E-state index contributed by atoms with van der Waals surface area (Å²) in [4.78, 5) is 14.2. The molecule has 0 aliphatic carbocycles. The van der Waals surface area contributed by atoms with E-state index in [4.69, 9.17) is 9.47 Å². The molecule has 1 aromatic heterocycles. The van der Waals surface area contributed by atoms with Crippen LogP contribution in [0.1, 0.15) is 18.6 Å². The van der Waals surface area contributed by atoms with Crippen LogP contribution < -0.4 is 4.74 Å². The van der Waals surface area contributed by atoms with Crippen LogP contribution in [0.2, 0.25) is 0 Å². The molecular formula is C22H17Br2N3O3. The number of ether oxygens (including phenoxy) is 2. The minimum absolute atomic E-state index is 0.258. The fourth-order valence-corrected chi connectivity index (χ4v) is 3.56. The first-order valence-electron chi connectivity index (χ1n) is 9.26. The summed E-state index contributed by atoms with van der Waals surface area (Å²) >= 11 is 6.90. The molecule has 6 nitrogen and oxygen atoms in total. The minimum atomic E-state index is -0.928. The Morgan fingerprint density at radius 3 is 2.23 bits per heavy atom. The van der Waals surface area contributed by atoms with Crippen molar-refractivity contribution >= 4 is 48.9 Å². The van der Waals surface area contributed by atoms with E-state index in [-0.39, 0.29) is 6.61 Å². The number of hydrogen-bond acceptors (Lipinski definition) is 5. The van der Waals surface area contributed by atoms with E-state index in [0.29, 0.717) is 17.0 Å². The number of fused-ring (bicyclic) bond motifs is 1. The highest BCUT2D eigenvalue weighted by Gasteiger charge is 2.26. The highest BCUT2D eigenvalue weighted by molar-refractivity contribution is 9.10. The highest BCUT2D eigenvalue weighted by atomic mass is 79.9. The maximum absolute atomic E-state index is 12.7. The van der Waals surface area contributed by atoms with Crippen molar-refractivity contribution in [3.63, 3.8) is 0 Å². The molecule has 0 N–H and O–H groups in total. The molecule has 3 aromatic carbocycles. The number of halogens is 2. The van der Waals surface area contributed by atoms with E-state index in [0.717, 1.165) is 20.0 Å². The number of carbonyl (C=O) groups excluding carboxylic acids is 1. The van der Waals surface area contributed by atoms with Gasteiger partial charge < -0.3 is 9.47 Å². The number of rotatable bonds is 6. The van der Waals surface area contributed by atoms with Gasteiger partial charge in [0.2, 0.25) is 6.10 Å². The van der Waals surface area contributed by atoms with Gasteiger partial charge in [0.25, 0.3) is 0 Å². The normalized spacial score (nSPS) is 12.0. The van der Waals surface area contributed by atoms with E-state index >= 15 is 0 Å². The first-order valence-corrected chi connectivity index (χ1v) is 10.8. The lowest BCUT2D eigenvalue weighted by molar-refractivity contribution is -0.151. The summed E-state index contributed by atoms with van der Waals surface area (Å²) in [5.41, 5.74) is 2.81. The van der Waals surface area contributed by atoms with E-state index in [1.54, 1.807) is 13.0 Å². The summed E-state index contributed by atoms with van der Waals surface area (Å²) in [7, 11) is 0. The summed E-state index contributed by atoms with van der Waals surface area (Å²) in [6.07, 6.45) is -0.928. The molecule has 0 radical (unpaired) electrons. The molecule has 0 saturated carbocycles. The van der Waals surface area contributed by atoms with Crippen molar-refractivity contribution in [2.24, 2.45) is 0 Å². The zero-order valence-corrected chi connectivity index (χ0v) is 19.1. The van der Waals surface area contributed by atoms with E-state index in [2.05, 4.69) is 42.1 Å². The molecule has 0 fully saturated rings. The number of carbonyl (C=O) groups is 1. The number of benzene rings is 3. The Labute approximate surface area is 190 Å². The van der Waals surface area contributed by atoms with Gasteiger partial charge in [-0.2, -0.15) is 0 Å². The standard InChI is InChI=1S/C22H17Br2N3O3/c1-2-29-22(28)21(14-7-9-15(23)10-8-14)30-20-12-11-16(24)13-19(20)27-25-17-5-3-4-6-18(17)26-27/h3-13,21H,2H2,1H3. The monoisotopic (exact) mass is 529 g/mol. The van der Waals surface area contributed by atoms with Gasteiger partial charge >= 0.3 is 5.97 Å². The lowest BCUT2D eigenvalue weighted by Gasteiger charge is -2.20. The van der Waals surface area contributed by atoms with Crippen LogP contribution in [-0.4, -0.2) is 27.6 Å². The van der Waals surface area contributed by atoms with Gasteiger partial charge in [-0.15, -0.1) is 15.0 Å². The van der Waals surface area contributed by atoms with Crippen LogP contribution in [0.5, 0.6) is 5.75 Å². The molecule has 0 aliphatic rings. The third kappa shape index (κ3) is 4.39. The number of aromatic nitrogens is 3. The second kappa shape index (κ2) is 8.97. The SMILES string of the molecule is CCOC(=O)C(Oc1ccc(Br)cc1-n1nc2ccccc2n1)c1ccc(Br)cc1. The number of hydrogen-bond donors (Lipinski definition) is 0. The molecule has 30 heavy (non-hydrogen) atoms. The Kier molecular flexibility index (Phi) is 6.15. The van der Waals surface area contributed by atoms with Crippen LogP contribution in [-0.2, 0) is 9.53 Å². The van der Waals surface area contributed by atoms with Gasteiger partial charge in [-0.25, -0.2) is 4.79 Å². The van der Waals surface area contributed by atoms with Crippen LogP contribution in [0.4, 0.5) is 0 Å². The molecule has 8 heteroatoms. The summed E-state index contributed by atoms with van der Waals surface area (Å²) in [6.45, 7) is 2.02. The first-order chi connectivity index (χ1) is 14.5. The Hall–Kier alpha value is -2.71. The van der Waals surface area contributed by atoms with E-state index in [1.807, 2.05) is 60.7 Å². The Morgan fingerprint density at radius 2 is 1.60 bits per heavy atom. The molecule has 0 amide bonds. The van der Waals surface area contributed by atoms with Gasteiger partial charge in [-0.05, 0) is 49.4 Å². The highest BCUT2D eigenvalue weighted by Crippen LogP contribution is 2.32. The molecule has 4 aromatic rings. The molecule has 1 atom stereocenters. The van der Waals surface area contributed by atoms with E-state index in [1.165, 1.54) is 4.80 Å². The van der Waals surface area contributed by atoms with E-state index < -0.39 is 12.1 Å². The quantitative estimate of drug-likeness (QED) is 0.302. The third-order valence-corrected chi connectivity index (χ3v) is 5.36. The molecule has 0 saturated heterocycles. The molecular weight excluding hydrogens is 514 g/mol. The Balaban J connectivity index is 1.76. The molecule has 1 heterocycles. The third-order valence-electron chi connectivity index (χ3n) is 4.34. The number of esters is 1.